The molecule has 20 heavy (non-hydrogen) atoms. The summed E-state index contributed by atoms with van der Waals surface area (Å²) < 4.78 is 10.7. The molecule has 0 amide bonds. The maximum Gasteiger partial charge on any atom is 0.233 e. The van der Waals surface area contributed by atoms with Crippen LogP contribution in [0.1, 0.15) is 18.4 Å². The zero-order valence-corrected chi connectivity index (χ0v) is 13.5. The standard InChI is InChI=1S/C12H13N4OS3/c1-3-4-10-14-15-12(18-10)19-20-7-8-5-6-9(17-2)13-11(8)16-20/h5-7H,3-4H2,1-2H3/q+1. The Hall–Kier alpha value is -1.25. The minimum atomic E-state index is -0.269. The van der Waals surface area contributed by atoms with E-state index in [1.165, 1.54) is 0 Å². The Labute approximate surface area is 127 Å². The molecule has 0 aliphatic carbocycles. The second-order valence-corrected chi connectivity index (χ2v) is 8.42. The Balaban J connectivity index is 1.82. The smallest absolute Gasteiger partial charge is 0.233 e. The summed E-state index contributed by atoms with van der Waals surface area (Å²) in [6, 6.07) is 3.84. The molecule has 1 unspecified atom stereocenters. The van der Waals surface area contributed by atoms with E-state index >= 15 is 0 Å². The first-order chi connectivity index (χ1) is 9.78. The van der Waals surface area contributed by atoms with Crippen LogP contribution in [-0.2, 0) is 6.42 Å². The molecule has 0 spiro atoms. The first-order valence-corrected chi connectivity index (χ1v) is 9.53. The predicted octanol–water partition coefficient (Wildman–Crippen LogP) is 3.75. The van der Waals surface area contributed by atoms with E-state index in [0.29, 0.717) is 5.88 Å². The number of rotatable bonds is 5. The molecule has 0 aliphatic rings. The SMILES string of the molecule is CCCc1nnc(S[s+]2cc3ccc(OC)nc3n2)s1. The van der Waals surface area contributed by atoms with Gasteiger partial charge in [-0.25, -0.2) is 0 Å². The van der Waals surface area contributed by atoms with Gasteiger partial charge in [0.05, 0.1) is 12.5 Å². The summed E-state index contributed by atoms with van der Waals surface area (Å²) in [6.07, 6.45) is 2.09. The van der Waals surface area contributed by atoms with Gasteiger partial charge in [-0.15, -0.1) is 10.2 Å². The lowest BCUT2D eigenvalue weighted by molar-refractivity contribution is 0.399. The number of methoxy groups -OCH3 is 1. The first kappa shape index (κ1) is 13.7. The summed E-state index contributed by atoms with van der Waals surface area (Å²) in [5.74, 6) is 0.595. The molecule has 3 heterocycles. The number of nitrogens with zero attached hydrogens (tertiary/aromatic N) is 4. The van der Waals surface area contributed by atoms with E-state index in [1.54, 1.807) is 29.2 Å². The van der Waals surface area contributed by atoms with E-state index in [9.17, 15) is 0 Å². The van der Waals surface area contributed by atoms with Gasteiger partial charge in [0.2, 0.25) is 26.7 Å². The second-order valence-electron chi connectivity index (χ2n) is 4.05. The maximum atomic E-state index is 5.11. The molecule has 3 aromatic heterocycles. The van der Waals surface area contributed by atoms with Crippen LogP contribution in [0.2, 0.25) is 0 Å². The molecule has 8 heteroatoms. The average molecular weight is 325 g/mol. The Morgan fingerprint density at radius 3 is 3.05 bits per heavy atom. The molecule has 0 aromatic carbocycles. The Morgan fingerprint density at radius 1 is 1.35 bits per heavy atom. The van der Waals surface area contributed by atoms with Gasteiger partial charge in [0.15, 0.2) is 15.1 Å². The van der Waals surface area contributed by atoms with Crippen molar-refractivity contribution in [1.82, 2.24) is 19.6 Å². The van der Waals surface area contributed by atoms with E-state index in [-0.39, 0.29) is 9.70 Å². The highest BCUT2D eigenvalue weighted by Crippen LogP contribution is 2.40. The molecule has 0 bridgehead atoms. The zero-order chi connectivity index (χ0) is 13.9. The van der Waals surface area contributed by atoms with Crippen molar-refractivity contribution in [3.8, 4) is 5.88 Å². The molecule has 3 aromatic rings. The van der Waals surface area contributed by atoms with Crippen molar-refractivity contribution in [2.45, 2.75) is 24.1 Å². The van der Waals surface area contributed by atoms with Crippen LogP contribution in [-0.4, -0.2) is 26.7 Å². The van der Waals surface area contributed by atoms with Gasteiger partial charge in [-0.2, -0.15) is 4.98 Å². The monoisotopic (exact) mass is 325 g/mol. The molecule has 3 rings (SSSR count). The highest BCUT2D eigenvalue weighted by Gasteiger charge is 2.19. The molecule has 104 valence electrons. The van der Waals surface area contributed by atoms with Crippen LogP contribution >= 0.6 is 31.8 Å². The lowest BCUT2D eigenvalue weighted by Crippen LogP contribution is -1.86. The molecule has 1 atom stereocenters. The summed E-state index contributed by atoms with van der Waals surface area (Å²) in [6.45, 7) is 2.14. The minimum Gasteiger partial charge on any atom is -0.481 e. The third-order valence-electron chi connectivity index (χ3n) is 2.56. The Morgan fingerprint density at radius 2 is 2.25 bits per heavy atom. The van der Waals surface area contributed by atoms with Crippen LogP contribution in [0, 0.1) is 0 Å². The molecule has 0 saturated heterocycles. The van der Waals surface area contributed by atoms with Crippen molar-refractivity contribution in [2.75, 3.05) is 7.11 Å². The number of aromatic nitrogens is 4. The van der Waals surface area contributed by atoms with Crippen molar-refractivity contribution in [3.05, 3.63) is 22.5 Å². The van der Waals surface area contributed by atoms with Crippen molar-refractivity contribution in [3.63, 3.8) is 0 Å². The van der Waals surface area contributed by atoms with Gasteiger partial charge < -0.3 is 4.74 Å². The van der Waals surface area contributed by atoms with Gasteiger partial charge >= 0.3 is 0 Å². The fourth-order valence-corrected chi connectivity index (χ4v) is 6.07. The molecule has 0 radical (unpaired) electrons. The van der Waals surface area contributed by atoms with Crippen LogP contribution in [0.3, 0.4) is 0 Å². The number of aryl methyl sites for hydroxylation is 1. The lowest BCUT2D eigenvalue weighted by Gasteiger charge is -1.93. The lowest BCUT2D eigenvalue weighted by atomic mass is 10.4. The summed E-state index contributed by atoms with van der Waals surface area (Å²) in [5.41, 5.74) is 0.749. The number of hydrogen-bond donors (Lipinski definition) is 0. The number of fused-ring (bicyclic) bond motifs is 1. The second kappa shape index (κ2) is 6.02. The zero-order valence-electron chi connectivity index (χ0n) is 11.1. The van der Waals surface area contributed by atoms with E-state index < -0.39 is 0 Å². The summed E-state index contributed by atoms with van der Waals surface area (Å²) in [5, 5.41) is 12.7. The molecular weight excluding hydrogens is 312 g/mol. The minimum absolute atomic E-state index is 0.269. The number of hydrogen-bond acceptors (Lipinski definition) is 7. The third-order valence-corrected chi connectivity index (χ3v) is 6.86. The normalized spacial score (nSPS) is 12.0. The first-order valence-electron chi connectivity index (χ1n) is 6.14. The predicted molar refractivity (Wildman–Crippen MR) is 83.7 cm³/mol. The van der Waals surface area contributed by atoms with E-state index in [4.69, 9.17) is 4.74 Å². The van der Waals surface area contributed by atoms with Crippen LogP contribution in [0.25, 0.3) is 11.0 Å². The van der Waals surface area contributed by atoms with Gasteiger partial charge in [0, 0.05) is 12.5 Å². The summed E-state index contributed by atoms with van der Waals surface area (Å²) in [4.78, 5) is 4.34. The fourth-order valence-electron chi connectivity index (χ4n) is 1.64. The van der Waals surface area contributed by atoms with Gasteiger partial charge in [0.25, 0.3) is 0 Å². The highest BCUT2D eigenvalue weighted by molar-refractivity contribution is 8.45. The van der Waals surface area contributed by atoms with Crippen LogP contribution < -0.4 is 4.74 Å². The Bertz CT molecular complexity index is 724. The quantitative estimate of drug-likeness (QED) is 0.526. The topological polar surface area (TPSA) is 60.8 Å². The van der Waals surface area contributed by atoms with E-state index in [0.717, 1.165) is 33.2 Å². The van der Waals surface area contributed by atoms with Gasteiger partial charge in [-0.3, -0.25) is 0 Å². The maximum absolute atomic E-state index is 5.11. The molecule has 0 N–H and O–H groups in total. The Kier molecular flexibility index (Phi) is 4.13. The molecule has 0 aliphatic heterocycles. The third kappa shape index (κ3) is 2.92. The highest BCUT2D eigenvalue weighted by atomic mass is 33.1. The van der Waals surface area contributed by atoms with E-state index in [1.807, 2.05) is 12.1 Å². The van der Waals surface area contributed by atoms with Gasteiger partial charge in [0.1, 0.15) is 5.01 Å². The van der Waals surface area contributed by atoms with Crippen LogP contribution in [0.15, 0.2) is 21.9 Å². The molecule has 0 saturated carbocycles. The molecular formula is C12H13N4OS3+. The summed E-state index contributed by atoms with van der Waals surface area (Å²) >= 11 is 1.65. The fraction of sp³-hybridized carbons (Fsp3) is 0.333. The van der Waals surface area contributed by atoms with Gasteiger partial charge in [-0.05, 0) is 16.9 Å². The number of pyridine rings is 1. The van der Waals surface area contributed by atoms with Crippen molar-refractivity contribution in [1.29, 1.82) is 0 Å². The molecule has 0 fully saturated rings. The summed E-state index contributed by atoms with van der Waals surface area (Å²) in [7, 11) is 2.98. The van der Waals surface area contributed by atoms with E-state index in [2.05, 4.69) is 31.9 Å². The van der Waals surface area contributed by atoms with Crippen LogP contribution in [0.5, 0.6) is 5.88 Å². The van der Waals surface area contributed by atoms with Crippen LogP contribution in [0.4, 0.5) is 0 Å². The average Bonchev–Trinajstić information content (AvgIpc) is 3.05. The van der Waals surface area contributed by atoms with Crippen molar-refractivity contribution in [2.24, 2.45) is 0 Å². The van der Waals surface area contributed by atoms with Crippen molar-refractivity contribution >= 4 is 42.9 Å². The van der Waals surface area contributed by atoms with Gasteiger partial charge in [-0.1, -0.05) is 18.3 Å². The van der Waals surface area contributed by atoms with Crippen molar-refractivity contribution < 1.29 is 4.74 Å². The largest absolute Gasteiger partial charge is 0.481 e. The number of ether oxygens (including phenoxy) is 1. The molecule has 5 nitrogen and oxygen atoms in total.